The largest absolute Gasteiger partial charge is 0.341 e. The standard InChI is InChI=1S/C18H36ClNO/c1-5-9-11-16(7-3)14-20(18(21)13-19)15-17(8-4)12-10-6-2/h16-17H,5-15H2,1-4H3/t16-,17-/m1/s1. The fraction of sp³-hybridized carbons (Fsp3) is 0.944. The number of carbonyl (C=O) groups excluding carboxylic acids is 1. The molecule has 0 aliphatic rings. The van der Waals surface area contributed by atoms with Gasteiger partial charge in [0.1, 0.15) is 5.88 Å². The van der Waals surface area contributed by atoms with Crippen molar-refractivity contribution in [2.75, 3.05) is 19.0 Å². The lowest BCUT2D eigenvalue weighted by atomic mass is 9.95. The Labute approximate surface area is 137 Å². The lowest BCUT2D eigenvalue weighted by molar-refractivity contribution is -0.130. The van der Waals surface area contributed by atoms with Gasteiger partial charge < -0.3 is 4.90 Å². The molecule has 0 fully saturated rings. The van der Waals surface area contributed by atoms with E-state index >= 15 is 0 Å². The van der Waals surface area contributed by atoms with Crippen molar-refractivity contribution in [2.24, 2.45) is 11.8 Å². The molecule has 2 nitrogen and oxygen atoms in total. The molecule has 0 spiro atoms. The van der Waals surface area contributed by atoms with Crippen molar-refractivity contribution in [3.05, 3.63) is 0 Å². The molecular weight excluding hydrogens is 282 g/mol. The van der Waals surface area contributed by atoms with E-state index in [9.17, 15) is 4.79 Å². The van der Waals surface area contributed by atoms with Crippen molar-refractivity contribution in [1.82, 2.24) is 4.90 Å². The summed E-state index contributed by atoms with van der Waals surface area (Å²) in [6.07, 6.45) is 9.73. The average molecular weight is 318 g/mol. The van der Waals surface area contributed by atoms with Crippen molar-refractivity contribution in [3.8, 4) is 0 Å². The molecule has 126 valence electrons. The highest BCUT2D eigenvalue weighted by molar-refractivity contribution is 6.27. The summed E-state index contributed by atoms with van der Waals surface area (Å²) in [6.45, 7) is 10.7. The van der Waals surface area contributed by atoms with Crippen LogP contribution in [-0.4, -0.2) is 29.8 Å². The fourth-order valence-electron chi connectivity index (χ4n) is 2.82. The van der Waals surface area contributed by atoms with Crippen LogP contribution in [0, 0.1) is 11.8 Å². The summed E-state index contributed by atoms with van der Waals surface area (Å²) in [4.78, 5) is 14.2. The third-order valence-corrected chi connectivity index (χ3v) is 4.74. The van der Waals surface area contributed by atoms with Crippen LogP contribution in [0.25, 0.3) is 0 Å². The number of rotatable bonds is 13. The van der Waals surface area contributed by atoms with Gasteiger partial charge in [-0.05, 0) is 24.7 Å². The summed E-state index contributed by atoms with van der Waals surface area (Å²) in [7, 11) is 0. The van der Waals surface area contributed by atoms with E-state index in [2.05, 4.69) is 27.7 Å². The molecular formula is C18H36ClNO. The van der Waals surface area contributed by atoms with Gasteiger partial charge in [-0.3, -0.25) is 4.79 Å². The second kappa shape index (κ2) is 13.4. The summed E-state index contributed by atoms with van der Waals surface area (Å²) < 4.78 is 0. The summed E-state index contributed by atoms with van der Waals surface area (Å²) in [5.41, 5.74) is 0. The highest BCUT2D eigenvalue weighted by atomic mass is 35.5. The fourth-order valence-corrected chi connectivity index (χ4v) is 2.99. The smallest absolute Gasteiger partial charge is 0.237 e. The first-order valence-electron chi connectivity index (χ1n) is 8.96. The van der Waals surface area contributed by atoms with Crippen LogP contribution in [0.1, 0.15) is 79.1 Å². The van der Waals surface area contributed by atoms with Crippen LogP contribution < -0.4 is 0 Å². The monoisotopic (exact) mass is 317 g/mol. The van der Waals surface area contributed by atoms with Gasteiger partial charge in [0.05, 0.1) is 0 Å². The van der Waals surface area contributed by atoms with Gasteiger partial charge in [0.2, 0.25) is 5.91 Å². The molecule has 3 heteroatoms. The number of nitrogens with zero attached hydrogens (tertiary/aromatic N) is 1. The average Bonchev–Trinajstić information content (AvgIpc) is 2.52. The number of hydrogen-bond acceptors (Lipinski definition) is 1. The zero-order chi connectivity index (χ0) is 16.1. The van der Waals surface area contributed by atoms with Crippen LogP contribution in [-0.2, 0) is 4.79 Å². The Kier molecular flexibility index (Phi) is 13.3. The number of amides is 1. The van der Waals surface area contributed by atoms with Crippen molar-refractivity contribution >= 4 is 17.5 Å². The maximum atomic E-state index is 12.2. The molecule has 2 atom stereocenters. The Morgan fingerprint density at radius 3 is 1.62 bits per heavy atom. The predicted octanol–water partition coefficient (Wildman–Crippen LogP) is 5.49. The van der Waals surface area contributed by atoms with E-state index < -0.39 is 0 Å². The van der Waals surface area contributed by atoms with E-state index in [1.807, 2.05) is 4.90 Å². The van der Waals surface area contributed by atoms with Gasteiger partial charge in [0.15, 0.2) is 0 Å². The zero-order valence-corrected chi connectivity index (χ0v) is 15.4. The van der Waals surface area contributed by atoms with Crippen molar-refractivity contribution in [2.45, 2.75) is 79.1 Å². The maximum absolute atomic E-state index is 12.2. The van der Waals surface area contributed by atoms with Gasteiger partial charge in [-0.1, -0.05) is 66.2 Å². The lowest BCUT2D eigenvalue weighted by Crippen LogP contribution is -2.39. The minimum Gasteiger partial charge on any atom is -0.341 e. The number of carbonyl (C=O) groups is 1. The molecule has 0 heterocycles. The minimum absolute atomic E-state index is 0.113. The van der Waals surface area contributed by atoms with Gasteiger partial charge in [-0.2, -0.15) is 0 Å². The predicted molar refractivity (Wildman–Crippen MR) is 93.9 cm³/mol. The molecule has 0 bridgehead atoms. The Balaban J connectivity index is 4.57. The molecule has 0 aromatic heterocycles. The SMILES string of the molecule is CCCC[C@@H](CC)CN(C[C@H](CC)CCCC)C(=O)CCl. The van der Waals surface area contributed by atoms with Crippen molar-refractivity contribution < 1.29 is 4.79 Å². The van der Waals surface area contributed by atoms with Crippen LogP contribution in [0.2, 0.25) is 0 Å². The van der Waals surface area contributed by atoms with Crippen LogP contribution in [0.5, 0.6) is 0 Å². The molecule has 1 amide bonds. The van der Waals surface area contributed by atoms with Gasteiger partial charge >= 0.3 is 0 Å². The van der Waals surface area contributed by atoms with E-state index in [-0.39, 0.29) is 11.8 Å². The quantitative estimate of drug-likeness (QED) is 0.411. The first-order chi connectivity index (χ1) is 10.1. The Morgan fingerprint density at radius 2 is 1.33 bits per heavy atom. The Bertz CT molecular complexity index is 240. The minimum atomic E-state index is 0.113. The van der Waals surface area contributed by atoms with Crippen LogP contribution in [0.15, 0.2) is 0 Å². The van der Waals surface area contributed by atoms with Crippen molar-refractivity contribution in [3.63, 3.8) is 0 Å². The Morgan fingerprint density at radius 1 is 0.905 bits per heavy atom. The molecule has 0 aromatic carbocycles. The first-order valence-corrected chi connectivity index (χ1v) is 9.49. The number of alkyl halides is 1. The second-order valence-electron chi connectivity index (χ2n) is 6.27. The molecule has 0 aliphatic heterocycles. The topological polar surface area (TPSA) is 20.3 Å². The molecule has 0 saturated heterocycles. The van der Waals surface area contributed by atoms with Crippen LogP contribution in [0.3, 0.4) is 0 Å². The van der Waals surface area contributed by atoms with Crippen LogP contribution in [0.4, 0.5) is 0 Å². The molecule has 0 unspecified atom stereocenters. The van der Waals surface area contributed by atoms with Gasteiger partial charge in [-0.25, -0.2) is 0 Å². The van der Waals surface area contributed by atoms with Gasteiger partial charge in [0.25, 0.3) is 0 Å². The molecule has 21 heavy (non-hydrogen) atoms. The highest BCUT2D eigenvalue weighted by Gasteiger charge is 2.20. The van der Waals surface area contributed by atoms with Gasteiger partial charge in [0, 0.05) is 13.1 Å². The second-order valence-corrected chi connectivity index (χ2v) is 6.53. The van der Waals surface area contributed by atoms with E-state index in [0.29, 0.717) is 11.8 Å². The summed E-state index contributed by atoms with van der Waals surface area (Å²) in [5, 5.41) is 0. The normalized spacial score (nSPS) is 14.0. The first kappa shape index (κ1) is 20.8. The van der Waals surface area contributed by atoms with E-state index in [0.717, 1.165) is 25.9 Å². The highest BCUT2D eigenvalue weighted by Crippen LogP contribution is 2.19. The van der Waals surface area contributed by atoms with Crippen molar-refractivity contribution in [1.29, 1.82) is 0 Å². The number of hydrogen-bond donors (Lipinski definition) is 0. The summed E-state index contributed by atoms with van der Waals surface area (Å²) in [5.74, 6) is 1.48. The van der Waals surface area contributed by atoms with E-state index in [1.165, 1.54) is 38.5 Å². The molecule has 0 aliphatic carbocycles. The summed E-state index contributed by atoms with van der Waals surface area (Å²) >= 11 is 5.82. The molecule has 0 radical (unpaired) electrons. The molecule has 0 saturated carbocycles. The number of halogens is 1. The third-order valence-electron chi connectivity index (χ3n) is 4.51. The van der Waals surface area contributed by atoms with Crippen LogP contribution >= 0.6 is 11.6 Å². The maximum Gasteiger partial charge on any atom is 0.237 e. The number of unbranched alkanes of at least 4 members (excludes halogenated alkanes) is 2. The lowest BCUT2D eigenvalue weighted by Gasteiger charge is -2.30. The molecule has 0 aromatic rings. The molecule has 0 N–H and O–H groups in total. The Hall–Kier alpha value is -0.240. The van der Waals surface area contributed by atoms with Gasteiger partial charge in [-0.15, -0.1) is 11.6 Å². The zero-order valence-electron chi connectivity index (χ0n) is 14.7. The molecule has 0 rings (SSSR count). The summed E-state index contributed by atoms with van der Waals surface area (Å²) in [6, 6.07) is 0. The third kappa shape index (κ3) is 9.39. The van der Waals surface area contributed by atoms with E-state index in [1.54, 1.807) is 0 Å². The van der Waals surface area contributed by atoms with E-state index in [4.69, 9.17) is 11.6 Å².